The topological polar surface area (TPSA) is 64.0 Å². The third kappa shape index (κ3) is 4.97. The standard InChI is InChI=1S/C11H21N5OS/c1-4-17-7-5-6-12-11(18)14-9(2)10-15-13-8-16(10)3/h8-9H,4-7H2,1-3H3,(H2,12,14,18). The van der Waals surface area contributed by atoms with Crippen molar-refractivity contribution in [3.63, 3.8) is 0 Å². The monoisotopic (exact) mass is 271 g/mol. The number of nitrogens with zero attached hydrogens (tertiary/aromatic N) is 3. The Balaban J connectivity index is 2.22. The molecule has 0 aliphatic carbocycles. The van der Waals surface area contributed by atoms with Crippen LogP contribution in [0.15, 0.2) is 6.33 Å². The second-order valence-corrected chi connectivity index (χ2v) is 4.38. The van der Waals surface area contributed by atoms with E-state index in [1.807, 2.05) is 25.5 Å². The van der Waals surface area contributed by atoms with Crippen molar-refractivity contribution >= 4 is 17.3 Å². The van der Waals surface area contributed by atoms with Crippen LogP contribution in [-0.2, 0) is 11.8 Å². The van der Waals surface area contributed by atoms with Gasteiger partial charge in [0.1, 0.15) is 6.33 Å². The smallest absolute Gasteiger partial charge is 0.166 e. The number of aromatic nitrogens is 3. The van der Waals surface area contributed by atoms with Gasteiger partial charge in [-0.3, -0.25) is 0 Å². The zero-order chi connectivity index (χ0) is 13.4. The number of rotatable bonds is 7. The quantitative estimate of drug-likeness (QED) is 0.564. The molecule has 0 spiro atoms. The summed E-state index contributed by atoms with van der Waals surface area (Å²) in [4.78, 5) is 0. The molecule has 7 heteroatoms. The van der Waals surface area contributed by atoms with Crippen LogP contribution in [0.4, 0.5) is 0 Å². The van der Waals surface area contributed by atoms with Crippen LogP contribution >= 0.6 is 12.2 Å². The first-order chi connectivity index (χ1) is 8.65. The van der Waals surface area contributed by atoms with Crippen molar-refractivity contribution in [2.45, 2.75) is 26.3 Å². The summed E-state index contributed by atoms with van der Waals surface area (Å²) < 4.78 is 7.12. The number of hydrogen-bond donors (Lipinski definition) is 2. The summed E-state index contributed by atoms with van der Waals surface area (Å²) in [6.07, 6.45) is 2.61. The van der Waals surface area contributed by atoms with Gasteiger partial charge in [-0.25, -0.2) is 0 Å². The lowest BCUT2D eigenvalue weighted by molar-refractivity contribution is 0.145. The second kappa shape index (κ2) is 7.99. The van der Waals surface area contributed by atoms with E-state index in [9.17, 15) is 0 Å². The van der Waals surface area contributed by atoms with Gasteiger partial charge >= 0.3 is 0 Å². The van der Waals surface area contributed by atoms with Gasteiger partial charge < -0.3 is 19.9 Å². The molecule has 0 aromatic carbocycles. The molecule has 0 amide bonds. The maximum Gasteiger partial charge on any atom is 0.166 e. The van der Waals surface area contributed by atoms with Gasteiger partial charge in [0.15, 0.2) is 10.9 Å². The molecule has 0 saturated heterocycles. The van der Waals surface area contributed by atoms with Crippen LogP contribution in [0, 0.1) is 0 Å². The van der Waals surface area contributed by atoms with E-state index in [2.05, 4.69) is 20.8 Å². The summed E-state index contributed by atoms with van der Waals surface area (Å²) >= 11 is 5.20. The Kier molecular flexibility index (Phi) is 6.59. The number of thiocarbonyl (C=S) groups is 1. The molecule has 0 saturated carbocycles. The van der Waals surface area contributed by atoms with Gasteiger partial charge in [0.05, 0.1) is 6.04 Å². The van der Waals surface area contributed by atoms with Crippen molar-refractivity contribution in [1.29, 1.82) is 0 Å². The van der Waals surface area contributed by atoms with Crippen molar-refractivity contribution in [3.8, 4) is 0 Å². The number of aryl methyl sites for hydroxylation is 1. The maximum absolute atomic E-state index is 5.25. The molecule has 102 valence electrons. The molecule has 1 aromatic rings. The Hall–Kier alpha value is -1.21. The summed E-state index contributed by atoms with van der Waals surface area (Å²) in [6, 6.07) is 0.0318. The van der Waals surface area contributed by atoms with Crippen LogP contribution < -0.4 is 10.6 Å². The Morgan fingerprint density at radius 2 is 2.39 bits per heavy atom. The van der Waals surface area contributed by atoms with E-state index in [1.165, 1.54) is 0 Å². The van der Waals surface area contributed by atoms with Gasteiger partial charge in [0, 0.05) is 26.8 Å². The Morgan fingerprint density at radius 1 is 1.61 bits per heavy atom. The van der Waals surface area contributed by atoms with Gasteiger partial charge in [-0.1, -0.05) is 0 Å². The molecule has 2 N–H and O–H groups in total. The third-order valence-electron chi connectivity index (χ3n) is 2.44. The minimum atomic E-state index is 0.0318. The number of hydrogen-bond acceptors (Lipinski definition) is 4. The lowest BCUT2D eigenvalue weighted by Crippen LogP contribution is -2.38. The fraction of sp³-hybridized carbons (Fsp3) is 0.727. The molecular weight excluding hydrogens is 250 g/mol. The summed E-state index contributed by atoms with van der Waals surface area (Å²) in [5.41, 5.74) is 0. The van der Waals surface area contributed by atoms with Crippen molar-refractivity contribution in [3.05, 3.63) is 12.2 Å². The van der Waals surface area contributed by atoms with E-state index in [-0.39, 0.29) is 6.04 Å². The number of ether oxygens (including phenoxy) is 1. The Bertz CT molecular complexity index is 368. The van der Waals surface area contributed by atoms with Gasteiger partial charge in [-0.15, -0.1) is 10.2 Å². The highest BCUT2D eigenvalue weighted by Gasteiger charge is 2.11. The Labute approximate surface area is 113 Å². The highest BCUT2D eigenvalue weighted by molar-refractivity contribution is 7.80. The van der Waals surface area contributed by atoms with Gasteiger partial charge in [0.25, 0.3) is 0 Å². The predicted octanol–water partition coefficient (Wildman–Crippen LogP) is 0.767. The van der Waals surface area contributed by atoms with Crippen LogP contribution in [0.5, 0.6) is 0 Å². The van der Waals surface area contributed by atoms with E-state index in [0.29, 0.717) is 5.11 Å². The fourth-order valence-corrected chi connectivity index (χ4v) is 1.80. The van der Waals surface area contributed by atoms with E-state index < -0.39 is 0 Å². The van der Waals surface area contributed by atoms with Crippen molar-refractivity contribution in [2.75, 3.05) is 19.8 Å². The first-order valence-corrected chi connectivity index (χ1v) is 6.52. The molecule has 1 rings (SSSR count). The van der Waals surface area contributed by atoms with Crippen molar-refractivity contribution < 1.29 is 4.74 Å². The molecule has 1 heterocycles. The zero-order valence-electron chi connectivity index (χ0n) is 11.1. The maximum atomic E-state index is 5.25. The van der Waals surface area contributed by atoms with Crippen molar-refractivity contribution in [1.82, 2.24) is 25.4 Å². The van der Waals surface area contributed by atoms with E-state index in [1.54, 1.807) is 6.33 Å². The van der Waals surface area contributed by atoms with Gasteiger partial charge in [0.2, 0.25) is 0 Å². The van der Waals surface area contributed by atoms with Crippen LogP contribution in [0.25, 0.3) is 0 Å². The lowest BCUT2D eigenvalue weighted by Gasteiger charge is -2.16. The summed E-state index contributed by atoms with van der Waals surface area (Å²) in [7, 11) is 1.91. The molecule has 1 aromatic heterocycles. The normalized spacial score (nSPS) is 12.2. The highest BCUT2D eigenvalue weighted by atomic mass is 32.1. The minimum absolute atomic E-state index is 0.0318. The SMILES string of the molecule is CCOCCCNC(=S)NC(C)c1nncn1C. The van der Waals surface area contributed by atoms with Crippen molar-refractivity contribution in [2.24, 2.45) is 7.05 Å². The predicted molar refractivity (Wildman–Crippen MR) is 74.3 cm³/mol. The molecule has 0 aliphatic rings. The molecule has 18 heavy (non-hydrogen) atoms. The summed E-state index contributed by atoms with van der Waals surface area (Å²) in [5.74, 6) is 0.855. The molecule has 0 radical (unpaired) electrons. The lowest BCUT2D eigenvalue weighted by atomic mass is 10.3. The molecular formula is C11H21N5OS. The summed E-state index contributed by atoms with van der Waals surface area (Å²) in [5, 5.41) is 14.8. The number of nitrogens with one attached hydrogen (secondary N) is 2. The molecule has 1 unspecified atom stereocenters. The van der Waals surface area contributed by atoms with E-state index in [0.717, 1.165) is 32.0 Å². The zero-order valence-corrected chi connectivity index (χ0v) is 12.0. The van der Waals surface area contributed by atoms with E-state index in [4.69, 9.17) is 17.0 Å². The van der Waals surface area contributed by atoms with Crippen LogP contribution in [0.2, 0.25) is 0 Å². The first kappa shape index (κ1) is 14.8. The molecule has 1 atom stereocenters. The molecule has 0 aliphatic heterocycles. The summed E-state index contributed by atoms with van der Waals surface area (Å²) in [6.45, 7) is 6.30. The molecule has 0 fully saturated rings. The minimum Gasteiger partial charge on any atom is -0.382 e. The largest absolute Gasteiger partial charge is 0.382 e. The van der Waals surface area contributed by atoms with Gasteiger partial charge in [-0.05, 0) is 32.5 Å². The van der Waals surface area contributed by atoms with Crippen LogP contribution in [0.1, 0.15) is 32.1 Å². The Morgan fingerprint density at radius 3 is 3.00 bits per heavy atom. The van der Waals surface area contributed by atoms with E-state index >= 15 is 0 Å². The van der Waals surface area contributed by atoms with Crippen LogP contribution in [0.3, 0.4) is 0 Å². The highest BCUT2D eigenvalue weighted by Crippen LogP contribution is 2.06. The average molecular weight is 271 g/mol. The third-order valence-corrected chi connectivity index (χ3v) is 2.70. The van der Waals surface area contributed by atoms with Gasteiger partial charge in [-0.2, -0.15) is 0 Å². The average Bonchev–Trinajstić information content (AvgIpc) is 2.75. The van der Waals surface area contributed by atoms with Crippen LogP contribution in [-0.4, -0.2) is 39.6 Å². The molecule has 0 bridgehead atoms. The molecule has 6 nitrogen and oxygen atoms in total. The fourth-order valence-electron chi connectivity index (χ4n) is 1.52. The second-order valence-electron chi connectivity index (χ2n) is 3.97. The first-order valence-electron chi connectivity index (χ1n) is 6.11.